The summed E-state index contributed by atoms with van der Waals surface area (Å²) < 4.78 is 1.97. The molecule has 1 fully saturated rings. The van der Waals surface area contributed by atoms with Crippen LogP contribution in [0.3, 0.4) is 0 Å². The quantitative estimate of drug-likeness (QED) is 0.759. The highest BCUT2D eigenvalue weighted by Gasteiger charge is 2.22. The van der Waals surface area contributed by atoms with Crippen molar-refractivity contribution in [3.8, 4) is 0 Å². The zero-order valence-electron chi connectivity index (χ0n) is 8.69. The van der Waals surface area contributed by atoms with Crippen molar-refractivity contribution in [2.24, 2.45) is 11.7 Å². The molecule has 78 valence electrons. The monoisotopic (exact) mass is 194 g/mol. The largest absolute Gasteiger partial charge is 0.328 e. The molecule has 2 rings (SSSR count). The average Bonchev–Trinajstić information content (AvgIpc) is 2.81. The van der Waals surface area contributed by atoms with E-state index >= 15 is 0 Å². The molecule has 0 radical (unpaired) electrons. The fourth-order valence-corrected chi connectivity index (χ4v) is 1.48. The van der Waals surface area contributed by atoms with Crippen molar-refractivity contribution < 1.29 is 0 Å². The Hall–Kier alpha value is -0.900. The second kappa shape index (κ2) is 4.09. The van der Waals surface area contributed by atoms with Crippen LogP contribution in [0.25, 0.3) is 0 Å². The van der Waals surface area contributed by atoms with Gasteiger partial charge in [-0.15, -0.1) is 5.10 Å². The average molecular weight is 194 g/mol. The predicted molar refractivity (Wildman–Crippen MR) is 54.7 cm³/mol. The van der Waals surface area contributed by atoms with Gasteiger partial charge in [-0.25, -0.2) is 0 Å². The number of nitrogens with zero attached hydrogens (tertiary/aromatic N) is 3. The van der Waals surface area contributed by atoms with Crippen LogP contribution in [-0.4, -0.2) is 21.0 Å². The van der Waals surface area contributed by atoms with Gasteiger partial charge in [0.25, 0.3) is 0 Å². The van der Waals surface area contributed by atoms with Gasteiger partial charge in [-0.2, -0.15) is 0 Å². The molecule has 0 bridgehead atoms. The minimum Gasteiger partial charge on any atom is -0.328 e. The zero-order valence-corrected chi connectivity index (χ0v) is 8.69. The topological polar surface area (TPSA) is 56.7 Å². The van der Waals surface area contributed by atoms with E-state index in [9.17, 15) is 0 Å². The van der Waals surface area contributed by atoms with Crippen LogP contribution >= 0.6 is 0 Å². The fraction of sp³-hybridized carbons (Fsp3) is 0.800. The first-order chi connectivity index (χ1) is 6.74. The van der Waals surface area contributed by atoms with Crippen LogP contribution in [0.2, 0.25) is 0 Å². The first kappa shape index (κ1) is 9.65. The van der Waals surface area contributed by atoms with Gasteiger partial charge in [0.2, 0.25) is 0 Å². The van der Waals surface area contributed by atoms with E-state index in [-0.39, 0.29) is 6.04 Å². The molecule has 0 aliphatic heterocycles. The minimum atomic E-state index is 0.253. The fourth-order valence-electron chi connectivity index (χ4n) is 1.48. The van der Waals surface area contributed by atoms with E-state index in [1.54, 1.807) is 0 Å². The Morgan fingerprint density at radius 3 is 3.07 bits per heavy atom. The molecule has 4 nitrogen and oxygen atoms in total. The molecular formula is C10H18N4. The van der Waals surface area contributed by atoms with Crippen LogP contribution in [0.4, 0.5) is 0 Å². The Morgan fingerprint density at radius 1 is 1.64 bits per heavy atom. The molecule has 0 aromatic carbocycles. The van der Waals surface area contributed by atoms with Crippen LogP contribution in [0.15, 0.2) is 6.20 Å². The van der Waals surface area contributed by atoms with Crippen LogP contribution in [0.1, 0.15) is 31.9 Å². The SMILES string of the molecule is C[C@@H](N)CCc1cn(CC2CC2)nn1. The van der Waals surface area contributed by atoms with Crippen molar-refractivity contribution in [1.82, 2.24) is 15.0 Å². The molecule has 1 aliphatic carbocycles. The Kier molecular flexibility index (Phi) is 2.82. The van der Waals surface area contributed by atoms with Crippen molar-refractivity contribution in [2.45, 2.75) is 45.2 Å². The Labute approximate surface area is 84.5 Å². The summed E-state index contributed by atoms with van der Waals surface area (Å²) in [6, 6.07) is 0.253. The van der Waals surface area contributed by atoms with Crippen molar-refractivity contribution in [3.63, 3.8) is 0 Å². The molecule has 1 aromatic heterocycles. The van der Waals surface area contributed by atoms with Crippen molar-refractivity contribution in [2.75, 3.05) is 0 Å². The lowest BCUT2D eigenvalue weighted by molar-refractivity contribution is 0.544. The lowest BCUT2D eigenvalue weighted by atomic mass is 10.1. The standard InChI is InChI=1S/C10H18N4/c1-8(11)2-5-10-7-14(13-12-10)6-9-3-4-9/h7-9H,2-6,11H2,1H3/t8-/m1/s1. The summed E-state index contributed by atoms with van der Waals surface area (Å²) >= 11 is 0. The van der Waals surface area contributed by atoms with E-state index < -0.39 is 0 Å². The number of rotatable bonds is 5. The number of hydrogen-bond acceptors (Lipinski definition) is 3. The highest BCUT2D eigenvalue weighted by Crippen LogP contribution is 2.30. The summed E-state index contributed by atoms with van der Waals surface area (Å²) in [5, 5.41) is 8.23. The maximum Gasteiger partial charge on any atom is 0.0827 e. The van der Waals surface area contributed by atoms with E-state index in [1.807, 2.05) is 11.6 Å². The maximum atomic E-state index is 5.68. The smallest absolute Gasteiger partial charge is 0.0827 e. The minimum absolute atomic E-state index is 0.253. The van der Waals surface area contributed by atoms with E-state index in [0.29, 0.717) is 0 Å². The number of aryl methyl sites for hydroxylation is 1. The molecule has 1 aliphatic rings. The number of hydrogen-bond donors (Lipinski definition) is 1. The van der Waals surface area contributed by atoms with Gasteiger partial charge in [0.05, 0.1) is 5.69 Å². The zero-order chi connectivity index (χ0) is 9.97. The molecule has 2 N–H and O–H groups in total. The Balaban J connectivity index is 1.82. The molecule has 1 heterocycles. The Bertz CT molecular complexity index is 288. The van der Waals surface area contributed by atoms with Crippen molar-refractivity contribution in [3.05, 3.63) is 11.9 Å². The van der Waals surface area contributed by atoms with E-state index in [1.165, 1.54) is 12.8 Å². The van der Waals surface area contributed by atoms with Gasteiger partial charge in [-0.05, 0) is 38.5 Å². The first-order valence-electron chi connectivity index (χ1n) is 5.38. The van der Waals surface area contributed by atoms with Crippen LogP contribution in [-0.2, 0) is 13.0 Å². The molecule has 4 heteroatoms. The van der Waals surface area contributed by atoms with E-state index in [0.717, 1.165) is 31.0 Å². The summed E-state index contributed by atoms with van der Waals surface area (Å²) in [6.07, 6.45) is 6.70. The highest BCUT2D eigenvalue weighted by molar-refractivity contribution is 4.93. The van der Waals surface area contributed by atoms with Crippen molar-refractivity contribution in [1.29, 1.82) is 0 Å². The molecule has 14 heavy (non-hydrogen) atoms. The van der Waals surface area contributed by atoms with Crippen molar-refractivity contribution >= 4 is 0 Å². The van der Waals surface area contributed by atoms with Gasteiger partial charge < -0.3 is 5.73 Å². The van der Waals surface area contributed by atoms with Crippen LogP contribution in [0.5, 0.6) is 0 Å². The predicted octanol–water partition coefficient (Wildman–Crippen LogP) is 0.968. The number of aromatic nitrogens is 3. The maximum absolute atomic E-state index is 5.68. The normalized spacial score (nSPS) is 18.4. The summed E-state index contributed by atoms with van der Waals surface area (Å²) in [6.45, 7) is 3.07. The molecule has 1 atom stereocenters. The third-order valence-electron chi connectivity index (χ3n) is 2.58. The molecule has 0 unspecified atom stereocenters. The molecule has 1 saturated carbocycles. The van der Waals surface area contributed by atoms with Gasteiger partial charge in [0.1, 0.15) is 0 Å². The van der Waals surface area contributed by atoms with E-state index in [2.05, 4.69) is 16.5 Å². The molecule has 0 amide bonds. The summed E-state index contributed by atoms with van der Waals surface area (Å²) in [7, 11) is 0. The van der Waals surface area contributed by atoms with Gasteiger partial charge in [-0.1, -0.05) is 5.21 Å². The van der Waals surface area contributed by atoms with Crippen LogP contribution < -0.4 is 5.73 Å². The summed E-state index contributed by atoms with van der Waals surface area (Å²) in [5.74, 6) is 0.859. The second-order valence-electron chi connectivity index (χ2n) is 4.39. The lowest BCUT2D eigenvalue weighted by Crippen LogP contribution is -2.15. The summed E-state index contributed by atoms with van der Waals surface area (Å²) in [4.78, 5) is 0. The van der Waals surface area contributed by atoms with Gasteiger partial charge in [-0.3, -0.25) is 4.68 Å². The van der Waals surface area contributed by atoms with E-state index in [4.69, 9.17) is 5.73 Å². The van der Waals surface area contributed by atoms with Gasteiger partial charge in [0.15, 0.2) is 0 Å². The van der Waals surface area contributed by atoms with Crippen LogP contribution in [0, 0.1) is 5.92 Å². The third-order valence-corrected chi connectivity index (χ3v) is 2.58. The molecule has 1 aromatic rings. The van der Waals surface area contributed by atoms with Gasteiger partial charge >= 0.3 is 0 Å². The summed E-state index contributed by atoms with van der Waals surface area (Å²) in [5.41, 5.74) is 6.75. The third kappa shape index (κ3) is 2.80. The number of nitrogens with two attached hydrogens (primary N) is 1. The molecule has 0 saturated heterocycles. The highest BCUT2D eigenvalue weighted by atomic mass is 15.4. The first-order valence-corrected chi connectivity index (χ1v) is 5.38. The second-order valence-corrected chi connectivity index (χ2v) is 4.39. The lowest BCUT2D eigenvalue weighted by Gasteiger charge is -2.00. The van der Waals surface area contributed by atoms with Gasteiger partial charge in [0, 0.05) is 18.8 Å². The molecule has 0 spiro atoms. The Morgan fingerprint density at radius 2 is 2.43 bits per heavy atom. The molecular weight excluding hydrogens is 176 g/mol.